The molecule has 1 aliphatic rings. The van der Waals surface area contributed by atoms with Crippen molar-refractivity contribution in [3.63, 3.8) is 0 Å². The molecule has 0 unspecified atom stereocenters. The van der Waals surface area contributed by atoms with E-state index in [0.717, 1.165) is 25.3 Å². The van der Waals surface area contributed by atoms with Crippen molar-refractivity contribution in [2.24, 2.45) is 0 Å². The van der Waals surface area contributed by atoms with Crippen molar-refractivity contribution in [3.05, 3.63) is 36.2 Å². The number of aromatic nitrogens is 3. The summed E-state index contributed by atoms with van der Waals surface area (Å²) in [6.45, 7) is 3.16. The first-order chi connectivity index (χ1) is 10.7. The van der Waals surface area contributed by atoms with E-state index in [2.05, 4.69) is 26.4 Å². The molecule has 22 heavy (non-hydrogen) atoms. The maximum absolute atomic E-state index is 11.0. The van der Waals surface area contributed by atoms with Crippen LogP contribution in [-0.4, -0.2) is 33.8 Å². The third-order valence-corrected chi connectivity index (χ3v) is 3.65. The number of carbonyl (C=O) groups excluding carboxylic acids is 1. The molecule has 0 bridgehead atoms. The molecule has 112 valence electrons. The molecule has 1 fully saturated rings. The van der Waals surface area contributed by atoms with E-state index in [4.69, 9.17) is 5.26 Å². The zero-order valence-corrected chi connectivity index (χ0v) is 12.2. The molecule has 7 heteroatoms. The zero-order chi connectivity index (χ0) is 15.5. The van der Waals surface area contributed by atoms with Gasteiger partial charge in [-0.1, -0.05) is 0 Å². The highest BCUT2D eigenvalue weighted by molar-refractivity contribution is 5.87. The van der Waals surface area contributed by atoms with Crippen LogP contribution in [0.25, 0.3) is 0 Å². The molecule has 1 aliphatic heterocycles. The van der Waals surface area contributed by atoms with Crippen LogP contribution >= 0.6 is 0 Å². The summed E-state index contributed by atoms with van der Waals surface area (Å²) in [5, 5.41) is 15.9. The van der Waals surface area contributed by atoms with Crippen LogP contribution in [0.5, 0.6) is 0 Å². The maximum atomic E-state index is 11.0. The Kier molecular flexibility index (Phi) is 3.74. The fraction of sp³-hybridized carbons (Fsp3) is 0.333. The lowest BCUT2D eigenvalue weighted by molar-refractivity contribution is -0.114. The number of anilines is 2. The number of hydrogen-bond acceptors (Lipinski definition) is 5. The average Bonchev–Trinajstić information content (AvgIpc) is 3.15. The number of nitrogens with zero attached hydrogens (tertiary/aromatic N) is 5. The van der Waals surface area contributed by atoms with Crippen LogP contribution in [0.2, 0.25) is 0 Å². The molecule has 0 aromatic carbocycles. The highest BCUT2D eigenvalue weighted by Crippen LogP contribution is 2.25. The van der Waals surface area contributed by atoms with Crippen LogP contribution in [-0.2, 0) is 4.79 Å². The summed E-state index contributed by atoms with van der Waals surface area (Å²) in [6, 6.07) is 7.76. The summed E-state index contributed by atoms with van der Waals surface area (Å²) in [6.07, 6.45) is 4.43. The lowest BCUT2D eigenvalue weighted by Gasteiger charge is -2.17. The van der Waals surface area contributed by atoms with Crippen molar-refractivity contribution in [3.8, 4) is 6.07 Å². The molecule has 2 aromatic rings. The predicted octanol–water partition coefficient (Wildman–Crippen LogP) is 1.56. The van der Waals surface area contributed by atoms with Crippen LogP contribution in [0, 0.1) is 11.3 Å². The van der Waals surface area contributed by atoms with E-state index in [0.29, 0.717) is 11.4 Å². The number of nitriles is 1. The van der Waals surface area contributed by atoms with Gasteiger partial charge in [-0.25, -0.2) is 4.98 Å². The van der Waals surface area contributed by atoms with Gasteiger partial charge in [-0.15, -0.1) is 0 Å². The number of pyridine rings is 1. The molecule has 0 spiro atoms. The largest absolute Gasteiger partial charge is 0.354 e. The second-order valence-electron chi connectivity index (χ2n) is 5.27. The Balaban J connectivity index is 1.67. The molecule has 1 atom stereocenters. The molecular weight excluding hydrogens is 280 g/mol. The SMILES string of the molecule is CC(=O)Nc1ccn([C@H]2CCN(c3ccc(C#N)cn3)C2)n1. The molecule has 1 amide bonds. The fourth-order valence-electron chi connectivity index (χ4n) is 2.59. The monoisotopic (exact) mass is 296 g/mol. The highest BCUT2D eigenvalue weighted by Gasteiger charge is 2.25. The molecule has 2 aromatic heterocycles. The molecular formula is C15H16N6O. The minimum absolute atomic E-state index is 0.125. The summed E-state index contributed by atoms with van der Waals surface area (Å²) in [4.78, 5) is 17.5. The van der Waals surface area contributed by atoms with Crippen molar-refractivity contribution in [2.75, 3.05) is 23.3 Å². The van der Waals surface area contributed by atoms with E-state index in [1.807, 2.05) is 16.9 Å². The third-order valence-electron chi connectivity index (χ3n) is 3.65. The first kappa shape index (κ1) is 14.1. The van der Waals surface area contributed by atoms with Gasteiger partial charge in [0.15, 0.2) is 5.82 Å². The van der Waals surface area contributed by atoms with E-state index >= 15 is 0 Å². The van der Waals surface area contributed by atoms with E-state index in [1.165, 1.54) is 6.92 Å². The van der Waals surface area contributed by atoms with Gasteiger partial charge in [0.1, 0.15) is 11.9 Å². The van der Waals surface area contributed by atoms with Gasteiger partial charge in [0.25, 0.3) is 0 Å². The van der Waals surface area contributed by atoms with Gasteiger partial charge < -0.3 is 10.2 Å². The van der Waals surface area contributed by atoms with Crippen LogP contribution in [0.15, 0.2) is 30.6 Å². The van der Waals surface area contributed by atoms with Crippen molar-refractivity contribution in [2.45, 2.75) is 19.4 Å². The second kappa shape index (κ2) is 5.85. The van der Waals surface area contributed by atoms with Gasteiger partial charge in [-0.3, -0.25) is 9.48 Å². The predicted molar refractivity (Wildman–Crippen MR) is 81.3 cm³/mol. The van der Waals surface area contributed by atoms with Crippen molar-refractivity contribution in [1.82, 2.24) is 14.8 Å². The lowest BCUT2D eigenvalue weighted by atomic mass is 10.3. The van der Waals surface area contributed by atoms with Crippen LogP contribution in [0.4, 0.5) is 11.6 Å². The quantitative estimate of drug-likeness (QED) is 0.928. The normalized spacial score (nSPS) is 17.3. The van der Waals surface area contributed by atoms with Crippen LogP contribution in [0.3, 0.4) is 0 Å². The van der Waals surface area contributed by atoms with Crippen molar-refractivity contribution >= 4 is 17.5 Å². The van der Waals surface area contributed by atoms with Crippen molar-refractivity contribution < 1.29 is 4.79 Å². The number of amides is 1. The van der Waals surface area contributed by atoms with Gasteiger partial charge >= 0.3 is 0 Å². The lowest BCUT2D eigenvalue weighted by Crippen LogP contribution is -2.22. The number of nitrogens with one attached hydrogen (secondary N) is 1. The summed E-state index contributed by atoms with van der Waals surface area (Å²) < 4.78 is 1.88. The van der Waals surface area contributed by atoms with Gasteiger partial charge in [0, 0.05) is 38.5 Å². The first-order valence-corrected chi connectivity index (χ1v) is 7.09. The van der Waals surface area contributed by atoms with Crippen molar-refractivity contribution in [1.29, 1.82) is 5.26 Å². The Hall–Kier alpha value is -2.88. The van der Waals surface area contributed by atoms with Gasteiger partial charge in [-0.2, -0.15) is 10.4 Å². The summed E-state index contributed by atoms with van der Waals surface area (Å²) in [7, 11) is 0. The molecule has 0 radical (unpaired) electrons. The number of rotatable bonds is 3. The summed E-state index contributed by atoms with van der Waals surface area (Å²) >= 11 is 0. The highest BCUT2D eigenvalue weighted by atomic mass is 16.1. The van der Waals surface area contributed by atoms with Gasteiger partial charge in [-0.05, 0) is 18.6 Å². The number of hydrogen-bond donors (Lipinski definition) is 1. The number of carbonyl (C=O) groups is 1. The Labute approximate surface area is 128 Å². The smallest absolute Gasteiger partial charge is 0.222 e. The molecule has 0 aliphatic carbocycles. The molecule has 7 nitrogen and oxygen atoms in total. The van der Waals surface area contributed by atoms with Crippen LogP contribution in [0.1, 0.15) is 24.9 Å². The van der Waals surface area contributed by atoms with E-state index < -0.39 is 0 Å². The minimum Gasteiger partial charge on any atom is -0.354 e. The summed E-state index contributed by atoms with van der Waals surface area (Å²) in [5.41, 5.74) is 0.562. The second-order valence-corrected chi connectivity index (χ2v) is 5.27. The molecule has 1 N–H and O–H groups in total. The Morgan fingerprint density at radius 3 is 3.00 bits per heavy atom. The molecule has 0 saturated carbocycles. The fourth-order valence-corrected chi connectivity index (χ4v) is 2.59. The standard InChI is InChI=1S/C15H16N6O/c1-11(22)18-14-5-7-21(19-14)13-4-6-20(10-13)15-3-2-12(8-16)9-17-15/h2-3,5,7,9,13H,4,6,10H2,1H3,(H,18,19,22)/t13-/m0/s1. The molecule has 3 rings (SSSR count). The van der Waals surface area contributed by atoms with Gasteiger partial charge in [0.2, 0.25) is 5.91 Å². The molecule has 1 saturated heterocycles. The summed E-state index contributed by atoms with van der Waals surface area (Å²) in [5.74, 6) is 1.32. The maximum Gasteiger partial charge on any atom is 0.222 e. The topological polar surface area (TPSA) is 86.8 Å². The minimum atomic E-state index is -0.125. The van der Waals surface area contributed by atoms with E-state index in [9.17, 15) is 4.79 Å². The molecule has 3 heterocycles. The van der Waals surface area contributed by atoms with E-state index in [1.54, 1.807) is 18.3 Å². The third kappa shape index (κ3) is 2.91. The van der Waals surface area contributed by atoms with E-state index in [-0.39, 0.29) is 11.9 Å². The Bertz CT molecular complexity index is 714. The average molecular weight is 296 g/mol. The Morgan fingerprint density at radius 2 is 2.32 bits per heavy atom. The van der Waals surface area contributed by atoms with Crippen LogP contribution < -0.4 is 10.2 Å². The van der Waals surface area contributed by atoms with Gasteiger partial charge in [0.05, 0.1) is 11.6 Å². The first-order valence-electron chi connectivity index (χ1n) is 7.09. The zero-order valence-electron chi connectivity index (χ0n) is 12.2. The Morgan fingerprint density at radius 1 is 1.45 bits per heavy atom.